The van der Waals surface area contributed by atoms with E-state index in [9.17, 15) is 43.2 Å². The largest absolute Gasteiger partial charge is 0.472 e. The molecule has 0 bridgehead atoms. The highest BCUT2D eigenvalue weighted by atomic mass is 31.2. The molecule has 0 aromatic heterocycles. The number of hydrogen-bond donors (Lipinski definition) is 3. The number of aliphatic hydroxyl groups excluding tert-OH is 1. The number of unbranched alkanes of at least 4 members (excludes halogenated alkanes) is 53. The van der Waals surface area contributed by atoms with Gasteiger partial charge in [0.2, 0.25) is 0 Å². The first-order valence-corrected chi connectivity index (χ1v) is 45.1. The Hall–Kier alpha value is -1.94. The van der Waals surface area contributed by atoms with E-state index in [2.05, 4.69) is 34.6 Å². The van der Waals surface area contributed by atoms with Crippen molar-refractivity contribution in [1.29, 1.82) is 0 Å². The second-order valence-electron chi connectivity index (χ2n) is 29.6. The van der Waals surface area contributed by atoms with Crippen LogP contribution >= 0.6 is 15.6 Å². The molecule has 0 saturated heterocycles. The summed E-state index contributed by atoms with van der Waals surface area (Å²) >= 11 is 0. The van der Waals surface area contributed by atoms with Crippen LogP contribution in [-0.2, 0) is 65.4 Å². The Morgan fingerprint density at radius 3 is 0.680 bits per heavy atom. The summed E-state index contributed by atoms with van der Waals surface area (Å²) < 4.78 is 68.7. The van der Waals surface area contributed by atoms with Gasteiger partial charge in [-0.1, -0.05) is 381 Å². The van der Waals surface area contributed by atoms with Gasteiger partial charge in [0.25, 0.3) is 0 Å². The third-order valence-corrected chi connectivity index (χ3v) is 20.9. The minimum Gasteiger partial charge on any atom is -0.462 e. The number of carbonyl (C=O) groups excluding carboxylic acids is 4. The van der Waals surface area contributed by atoms with Gasteiger partial charge in [-0.25, -0.2) is 9.13 Å². The fourth-order valence-corrected chi connectivity index (χ4v) is 14.2. The topological polar surface area (TPSA) is 237 Å². The average molecular weight is 1470 g/mol. The number of hydrogen-bond acceptors (Lipinski definition) is 15. The molecular formula is C81H158O17P2. The van der Waals surface area contributed by atoms with Crippen molar-refractivity contribution in [2.75, 3.05) is 39.6 Å². The van der Waals surface area contributed by atoms with Crippen molar-refractivity contribution in [2.45, 2.75) is 451 Å². The summed E-state index contributed by atoms with van der Waals surface area (Å²) in [6, 6.07) is 0. The molecule has 0 fully saturated rings. The Balaban J connectivity index is 5.24. The minimum atomic E-state index is -4.96. The first kappa shape index (κ1) is 98.1. The Morgan fingerprint density at radius 1 is 0.270 bits per heavy atom. The van der Waals surface area contributed by atoms with Crippen molar-refractivity contribution < 1.29 is 80.2 Å². The number of aliphatic hydroxyl groups is 1. The van der Waals surface area contributed by atoms with Gasteiger partial charge in [0.15, 0.2) is 12.2 Å². The van der Waals surface area contributed by atoms with Crippen molar-refractivity contribution in [1.82, 2.24) is 0 Å². The van der Waals surface area contributed by atoms with E-state index >= 15 is 0 Å². The molecule has 0 spiro atoms. The number of phosphoric ester groups is 2. The lowest BCUT2D eigenvalue weighted by molar-refractivity contribution is -0.161. The lowest BCUT2D eigenvalue weighted by Crippen LogP contribution is -2.30. The second kappa shape index (κ2) is 73.9. The monoisotopic (exact) mass is 1470 g/mol. The SMILES string of the molecule is CCCCCCCCCCCCCCCCCCCCCC(=O)O[C@H](COC(=O)CCCCCCCCCCCCCCCCCC)COP(=O)(O)OC[C@@H](O)COP(=O)(O)OC[C@@H](COC(=O)CCCCCCCCCCC(C)C)OC(=O)CCCCCCCCCCCCCCCC. The lowest BCUT2D eigenvalue weighted by atomic mass is 10.0. The molecule has 0 heterocycles. The van der Waals surface area contributed by atoms with Gasteiger partial charge in [-0.15, -0.1) is 0 Å². The lowest BCUT2D eigenvalue weighted by Gasteiger charge is -2.21. The van der Waals surface area contributed by atoms with Crippen molar-refractivity contribution in [3.63, 3.8) is 0 Å². The molecule has 0 rings (SSSR count). The van der Waals surface area contributed by atoms with Crippen LogP contribution < -0.4 is 0 Å². The van der Waals surface area contributed by atoms with Crippen LogP contribution in [0.25, 0.3) is 0 Å². The van der Waals surface area contributed by atoms with Gasteiger partial charge in [-0.05, 0) is 31.6 Å². The standard InChI is InChI=1S/C81H158O17P2/c1-6-9-12-15-18-21-24-27-30-32-33-34-36-39-42-45-52-57-62-67-81(86)97-76(70-91-78(83)64-59-54-49-43-40-38-35-31-28-25-22-19-16-13-10-7-2)72-95-99(87,88)93-68-75(82)69-94-100(89,90)96-73-77(71-92-79(84)65-60-55-50-47-46-48-53-58-63-74(4)5)98-80(85)66-61-56-51-44-41-37-29-26-23-20-17-14-11-8-3/h74-77,82H,6-73H2,1-5H3,(H,87,88)(H,89,90)/t75-,76-,77-/m1/s1. The molecule has 100 heavy (non-hydrogen) atoms. The van der Waals surface area contributed by atoms with Crippen LogP contribution in [0.4, 0.5) is 0 Å². The van der Waals surface area contributed by atoms with Gasteiger partial charge in [-0.2, -0.15) is 0 Å². The molecule has 5 atom stereocenters. The summed E-state index contributed by atoms with van der Waals surface area (Å²) in [5, 5.41) is 10.6. The fourth-order valence-electron chi connectivity index (χ4n) is 12.6. The van der Waals surface area contributed by atoms with Crippen molar-refractivity contribution >= 4 is 39.5 Å². The molecule has 19 heteroatoms. The summed E-state index contributed by atoms with van der Waals surface area (Å²) in [6.45, 7) is 7.30. The van der Waals surface area contributed by atoms with Crippen molar-refractivity contribution in [2.24, 2.45) is 5.92 Å². The van der Waals surface area contributed by atoms with Gasteiger partial charge in [-0.3, -0.25) is 37.3 Å². The van der Waals surface area contributed by atoms with Gasteiger partial charge in [0, 0.05) is 25.7 Å². The van der Waals surface area contributed by atoms with Crippen LogP contribution in [0.5, 0.6) is 0 Å². The van der Waals surface area contributed by atoms with Crippen LogP contribution in [0.1, 0.15) is 433 Å². The van der Waals surface area contributed by atoms with Crippen LogP contribution in [0, 0.1) is 5.92 Å². The van der Waals surface area contributed by atoms with Crippen molar-refractivity contribution in [3.05, 3.63) is 0 Å². The van der Waals surface area contributed by atoms with Crippen LogP contribution in [0.2, 0.25) is 0 Å². The zero-order valence-electron chi connectivity index (χ0n) is 65.3. The maximum atomic E-state index is 13.1. The van der Waals surface area contributed by atoms with Gasteiger partial charge in [0.1, 0.15) is 19.3 Å². The van der Waals surface area contributed by atoms with Crippen LogP contribution in [0.15, 0.2) is 0 Å². The molecule has 2 unspecified atom stereocenters. The third-order valence-electron chi connectivity index (χ3n) is 19.0. The minimum absolute atomic E-state index is 0.108. The molecular weight excluding hydrogens is 1310 g/mol. The Labute approximate surface area is 613 Å². The quantitative estimate of drug-likeness (QED) is 0.0222. The predicted octanol–water partition coefficient (Wildman–Crippen LogP) is 24.4. The van der Waals surface area contributed by atoms with E-state index in [1.54, 1.807) is 0 Å². The molecule has 0 aliphatic heterocycles. The highest BCUT2D eigenvalue weighted by molar-refractivity contribution is 7.47. The molecule has 0 amide bonds. The zero-order chi connectivity index (χ0) is 73.4. The Bertz CT molecular complexity index is 1910. The fraction of sp³-hybridized carbons (Fsp3) is 0.951. The predicted molar refractivity (Wildman–Crippen MR) is 409 cm³/mol. The van der Waals surface area contributed by atoms with E-state index < -0.39 is 97.5 Å². The van der Waals surface area contributed by atoms with E-state index in [0.29, 0.717) is 25.7 Å². The maximum absolute atomic E-state index is 13.1. The first-order chi connectivity index (χ1) is 48.5. The highest BCUT2D eigenvalue weighted by Gasteiger charge is 2.30. The van der Waals surface area contributed by atoms with Gasteiger partial charge < -0.3 is 33.8 Å². The maximum Gasteiger partial charge on any atom is 0.472 e. The van der Waals surface area contributed by atoms with Crippen molar-refractivity contribution in [3.8, 4) is 0 Å². The molecule has 0 aromatic carbocycles. The number of phosphoric acid groups is 2. The summed E-state index contributed by atoms with van der Waals surface area (Å²) in [6.07, 6.45) is 65.2. The molecule has 17 nitrogen and oxygen atoms in total. The number of carbonyl (C=O) groups is 4. The molecule has 0 saturated carbocycles. The Morgan fingerprint density at radius 2 is 0.460 bits per heavy atom. The molecule has 0 aromatic rings. The van der Waals surface area contributed by atoms with E-state index in [0.717, 1.165) is 95.8 Å². The van der Waals surface area contributed by atoms with Crippen LogP contribution in [-0.4, -0.2) is 96.7 Å². The van der Waals surface area contributed by atoms with E-state index in [4.69, 9.17) is 37.0 Å². The highest BCUT2D eigenvalue weighted by Crippen LogP contribution is 2.45. The smallest absolute Gasteiger partial charge is 0.462 e. The summed E-state index contributed by atoms with van der Waals surface area (Å²) in [4.78, 5) is 73.0. The van der Waals surface area contributed by atoms with Gasteiger partial charge in [0.05, 0.1) is 26.4 Å². The Kier molecular flexibility index (Phi) is 72.5. The zero-order valence-corrected chi connectivity index (χ0v) is 67.1. The van der Waals surface area contributed by atoms with E-state index in [1.807, 2.05) is 0 Å². The summed E-state index contributed by atoms with van der Waals surface area (Å²) in [5.41, 5.74) is 0. The number of ether oxygens (including phenoxy) is 4. The molecule has 594 valence electrons. The normalized spacial score (nSPS) is 13.8. The molecule has 0 radical (unpaired) electrons. The van der Waals surface area contributed by atoms with E-state index in [1.165, 1.54) is 257 Å². The molecule has 3 N–H and O–H groups in total. The number of rotatable bonds is 81. The van der Waals surface area contributed by atoms with E-state index in [-0.39, 0.29) is 25.7 Å². The molecule has 0 aliphatic rings. The summed E-state index contributed by atoms with van der Waals surface area (Å²) in [5.74, 6) is -1.38. The van der Waals surface area contributed by atoms with Gasteiger partial charge >= 0.3 is 39.5 Å². The second-order valence-corrected chi connectivity index (χ2v) is 32.5. The summed E-state index contributed by atoms with van der Waals surface area (Å²) in [7, 11) is -9.92. The first-order valence-electron chi connectivity index (χ1n) is 42.1. The van der Waals surface area contributed by atoms with Crippen LogP contribution in [0.3, 0.4) is 0 Å². The third kappa shape index (κ3) is 74.3. The molecule has 0 aliphatic carbocycles. The number of esters is 4. The average Bonchev–Trinajstić information content (AvgIpc) is 0.998.